The van der Waals surface area contributed by atoms with Crippen LogP contribution in [0.5, 0.6) is 0 Å². The van der Waals surface area contributed by atoms with Crippen LogP contribution in [0.15, 0.2) is 0 Å². The maximum atomic E-state index is 11.0. The molecule has 0 aliphatic heterocycles. The van der Waals surface area contributed by atoms with Gasteiger partial charge < -0.3 is 20.1 Å². The van der Waals surface area contributed by atoms with E-state index in [1.807, 2.05) is 0 Å². The van der Waals surface area contributed by atoms with E-state index in [0.29, 0.717) is 6.42 Å². The molecule has 0 saturated heterocycles. The number of hydrogen-bond acceptors (Lipinski definition) is 5. The third kappa shape index (κ3) is 12.6. The van der Waals surface area contributed by atoms with Crippen LogP contribution in [0.2, 0.25) is 0 Å². The van der Waals surface area contributed by atoms with Crippen molar-refractivity contribution in [2.45, 2.75) is 83.5 Å². The summed E-state index contributed by atoms with van der Waals surface area (Å²) in [5.41, 5.74) is 0. The van der Waals surface area contributed by atoms with Gasteiger partial charge in [0, 0.05) is 6.42 Å². The van der Waals surface area contributed by atoms with Gasteiger partial charge in [-0.15, -0.1) is 0 Å². The van der Waals surface area contributed by atoms with E-state index in [9.17, 15) is 9.90 Å². The summed E-state index contributed by atoms with van der Waals surface area (Å²) in [7, 11) is 0. The van der Waals surface area contributed by atoms with Crippen molar-refractivity contribution < 1.29 is 24.9 Å². The SMILES string of the molecule is CCCCCCCCCCCC#CC(O)OC(=O)C(O)CO. The summed E-state index contributed by atoms with van der Waals surface area (Å²) in [6.07, 6.45) is 8.57. The minimum atomic E-state index is -1.63. The van der Waals surface area contributed by atoms with Gasteiger partial charge in [0.1, 0.15) is 0 Å². The fraction of sp³-hybridized carbons (Fsp3) is 0.824. The fourth-order valence-corrected chi connectivity index (χ4v) is 1.98. The van der Waals surface area contributed by atoms with Gasteiger partial charge in [-0.3, -0.25) is 0 Å². The third-order valence-corrected chi connectivity index (χ3v) is 3.30. The predicted molar refractivity (Wildman–Crippen MR) is 84.8 cm³/mol. The molecule has 0 saturated carbocycles. The minimum Gasteiger partial charge on any atom is -0.422 e. The first kappa shape index (κ1) is 20.9. The molecule has 0 radical (unpaired) electrons. The lowest BCUT2D eigenvalue weighted by molar-refractivity contribution is -0.171. The first-order valence-electron chi connectivity index (χ1n) is 8.27. The van der Waals surface area contributed by atoms with Crippen molar-refractivity contribution in [2.24, 2.45) is 0 Å². The Morgan fingerprint density at radius 2 is 1.55 bits per heavy atom. The van der Waals surface area contributed by atoms with E-state index in [-0.39, 0.29) is 0 Å². The summed E-state index contributed by atoms with van der Waals surface area (Å²) in [5, 5.41) is 26.8. The lowest BCUT2D eigenvalue weighted by Gasteiger charge is -2.08. The van der Waals surface area contributed by atoms with E-state index in [2.05, 4.69) is 23.5 Å². The van der Waals surface area contributed by atoms with E-state index < -0.39 is 25.0 Å². The van der Waals surface area contributed by atoms with Crippen LogP contribution in [0.25, 0.3) is 0 Å². The van der Waals surface area contributed by atoms with Crippen molar-refractivity contribution in [3.8, 4) is 11.8 Å². The largest absolute Gasteiger partial charge is 0.422 e. The Kier molecular flexibility index (Phi) is 14.1. The normalized spacial score (nSPS) is 13.1. The molecule has 128 valence electrons. The Bertz CT molecular complexity index is 332. The molecular weight excluding hydrogens is 284 g/mol. The number of hydrogen-bond donors (Lipinski definition) is 3. The number of rotatable bonds is 12. The number of unbranched alkanes of at least 4 members (excludes halogenated alkanes) is 9. The summed E-state index contributed by atoms with van der Waals surface area (Å²) >= 11 is 0. The highest BCUT2D eigenvalue weighted by Gasteiger charge is 2.17. The topological polar surface area (TPSA) is 87.0 Å². The van der Waals surface area contributed by atoms with Gasteiger partial charge in [-0.2, -0.15) is 0 Å². The summed E-state index contributed by atoms with van der Waals surface area (Å²) in [6.45, 7) is 1.48. The van der Waals surface area contributed by atoms with Crippen molar-refractivity contribution in [1.29, 1.82) is 0 Å². The maximum Gasteiger partial charge on any atom is 0.340 e. The van der Waals surface area contributed by atoms with Crippen molar-refractivity contribution in [3.63, 3.8) is 0 Å². The Hall–Kier alpha value is -1.09. The first-order valence-corrected chi connectivity index (χ1v) is 8.27. The number of ether oxygens (including phenoxy) is 1. The summed E-state index contributed by atoms with van der Waals surface area (Å²) < 4.78 is 4.43. The molecule has 22 heavy (non-hydrogen) atoms. The standard InChI is InChI=1S/C17H30O5/c1-2-3-4-5-6-7-8-9-10-11-12-13-16(20)22-17(21)15(19)14-18/h15-16,18-20H,2-11,14H2,1H3. The molecule has 0 aliphatic rings. The van der Waals surface area contributed by atoms with Crippen molar-refractivity contribution in [2.75, 3.05) is 6.61 Å². The van der Waals surface area contributed by atoms with Gasteiger partial charge in [-0.05, 0) is 12.3 Å². The Labute approximate surface area is 133 Å². The summed E-state index contributed by atoms with van der Waals surface area (Å²) in [6, 6.07) is 0. The average Bonchev–Trinajstić information content (AvgIpc) is 2.51. The maximum absolute atomic E-state index is 11.0. The monoisotopic (exact) mass is 314 g/mol. The molecule has 2 atom stereocenters. The zero-order chi connectivity index (χ0) is 16.6. The Morgan fingerprint density at radius 3 is 2.09 bits per heavy atom. The van der Waals surface area contributed by atoms with Crippen LogP contribution >= 0.6 is 0 Å². The highest BCUT2D eigenvalue weighted by molar-refractivity contribution is 5.74. The van der Waals surface area contributed by atoms with Gasteiger partial charge in [0.15, 0.2) is 6.10 Å². The summed E-state index contributed by atoms with van der Waals surface area (Å²) in [4.78, 5) is 11.0. The van der Waals surface area contributed by atoms with E-state index in [4.69, 9.17) is 10.2 Å². The van der Waals surface area contributed by atoms with Crippen LogP contribution in [0.1, 0.15) is 71.1 Å². The number of aliphatic hydroxyl groups is 3. The first-order chi connectivity index (χ1) is 10.6. The van der Waals surface area contributed by atoms with Gasteiger partial charge >= 0.3 is 5.97 Å². The second kappa shape index (κ2) is 14.8. The van der Waals surface area contributed by atoms with E-state index in [0.717, 1.165) is 12.8 Å². The van der Waals surface area contributed by atoms with Crippen LogP contribution in [-0.2, 0) is 9.53 Å². The number of carbonyl (C=O) groups is 1. The highest BCUT2D eigenvalue weighted by Crippen LogP contribution is 2.10. The molecule has 0 amide bonds. The second-order valence-corrected chi connectivity index (χ2v) is 5.39. The molecular formula is C17H30O5. The van der Waals surface area contributed by atoms with Crippen LogP contribution in [0.3, 0.4) is 0 Å². The lowest BCUT2D eigenvalue weighted by atomic mass is 10.1. The van der Waals surface area contributed by atoms with Crippen molar-refractivity contribution >= 4 is 5.97 Å². The molecule has 0 aromatic carbocycles. The predicted octanol–water partition coefficient (Wildman–Crippen LogP) is 2.13. The molecule has 2 unspecified atom stereocenters. The Balaban J connectivity index is 3.50. The molecule has 0 heterocycles. The smallest absolute Gasteiger partial charge is 0.340 e. The van der Waals surface area contributed by atoms with Crippen molar-refractivity contribution in [3.05, 3.63) is 0 Å². The molecule has 0 aliphatic carbocycles. The fourth-order valence-electron chi connectivity index (χ4n) is 1.98. The molecule has 0 rings (SSSR count). The molecule has 0 bridgehead atoms. The van der Waals surface area contributed by atoms with Gasteiger partial charge in [0.2, 0.25) is 0 Å². The van der Waals surface area contributed by atoms with Gasteiger partial charge in [0.25, 0.3) is 6.29 Å². The van der Waals surface area contributed by atoms with Gasteiger partial charge in [-0.25, -0.2) is 4.79 Å². The molecule has 0 spiro atoms. The van der Waals surface area contributed by atoms with E-state index >= 15 is 0 Å². The van der Waals surface area contributed by atoms with E-state index in [1.165, 1.54) is 44.9 Å². The molecule has 0 aromatic rings. The van der Waals surface area contributed by atoms with E-state index in [1.54, 1.807) is 0 Å². The number of aliphatic hydroxyl groups excluding tert-OH is 3. The lowest BCUT2D eigenvalue weighted by Crippen LogP contribution is -2.30. The third-order valence-electron chi connectivity index (χ3n) is 3.30. The number of carbonyl (C=O) groups excluding carboxylic acids is 1. The molecule has 0 fully saturated rings. The second-order valence-electron chi connectivity index (χ2n) is 5.39. The van der Waals surface area contributed by atoms with Crippen LogP contribution < -0.4 is 0 Å². The quantitative estimate of drug-likeness (QED) is 0.222. The van der Waals surface area contributed by atoms with Gasteiger partial charge in [0.05, 0.1) is 6.61 Å². The highest BCUT2D eigenvalue weighted by atomic mass is 16.6. The zero-order valence-electron chi connectivity index (χ0n) is 13.6. The van der Waals surface area contributed by atoms with Crippen LogP contribution in [-0.4, -0.2) is 40.3 Å². The Morgan fingerprint density at radius 1 is 1.00 bits per heavy atom. The minimum absolute atomic E-state index is 0.646. The average molecular weight is 314 g/mol. The zero-order valence-corrected chi connectivity index (χ0v) is 13.6. The molecule has 5 heteroatoms. The van der Waals surface area contributed by atoms with Gasteiger partial charge in [-0.1, -0.05) is 64.2 Å². The number of esters is 1. The molecule has 3 N–H and O–H groups in total. The van der Waals surface area contributed by atoms with Crippen LogP contribution in [0.4, 0.5) is 0 Å². The summed E-state index contributed by atoms with van der Waals surface area (Å²) in [5.74, 6) is 4.06. The molecule has 5 nitrogen and oxygen atoms in total. The van der Waals surface area contributed by atoms with Crippen LogP contribution in [0, 0.1) is 11.8 Å². The molecule has 0 aromatic heterocycles. The van der Waals surface area contributed by atoms with Crippen molar-refractivity contribution in [1.82, 2.24) is 0 Å².